The molecule has 1 saturated heterocycles. The summed E-state index contributed by atoms with van der Waals surface area (Å²) in [6, 6.07) is 18.9. The topological polar surface area (TPSA) is 73.2 Å². The lowest BCUT2D eigenvalue weighted by molar-refractivity contribution is -0.130. The fraction of sp³-hybridized carbons (Fsp3) is 0.320. The van der Waals surface area contributed by atoms with Gasteiger partial charge in [-0.1, -0.05) is 30.3 Å². The molecule has 166 valence electrons. The lowest BCUT2D eigenvalue weighted by atomic mass is 9.73. The van der Waals surface area contributed by atoms with Gasteiger partial charge in [0.1, 0.15) is 5.82 Å². The maximum Gasteiger partial charge on any atom is 0.266 e. The molecule has 2 heterocycles. The van der Waals surface area contributed by atoms with Crippen LogP contribution in [0.25, 0.3) is 11.3 Å². The number of carbonyl (C=O) groups excluding carboxylic acids is 1. The van der Waals surface area contributed by atoms with Crippen LogP contribution in [-0.2, 0) is 21.5 Å². The molecule has 0 spiro atoms. The largest absolute Gasteiger partial charge is 0.381 e. The van der Waals surface area contributed by atoms with Crippen molar-refractivity contribution in [2.75, 3.05) is 19.8 Å². The molecule has 0 atom stereocenters. The summed E-state index contributed by atoms with van der Waals surface area (Å²) in [4.78, 5) is 25.4. The van der Waals surface area contributed by atoms with Gasteiger partial charge in [0.2, 0.25) is 5.91 Å². The molecule has 0 saturated carbocycles. The van der Waals surface area contributed by atoms with Crippen molar-refractivity contribution in [1.82, 2.24) is 15.1 Å². The van der Waals surface area contributed by atoms with Crippen LogP contribution in [0, 0.1) is 5.82 Å². The predicted molar refractivity (Wildman–Crippen MR) is 120 cm³/mol. The molecule has 1 N–H and O–H groups in total. The molecule has 6 nitrogen and oxygen atoms in total. The molecule has 1 aliphatic heterocycles. The van der Waals surface area contributed by atoms with Crippen molar-refractivity contribution < 1.29 is 13.9 Å². The molecule has 32 heavy (non-hydrogen) atoms. The van der Waals surface area contributed by atoms with Crippen molar-refractivity contribution >= 4 is 5.91 Å². The van der Waals surface area contributed by atoms with Crippen LogP contribution in [0.5, 0.6) is 0 Å². The molecule has 4 rings (SSSR count). The van der Waals surface area contributed by atoms with Crippen molar-refractivity contribution in [1.29, 1.82) is 0 Å². The second-order valence-electron chi connectivity index (χ2n) is 7.96. The molecule has 2 aromatic carbocycles. The van der Waals surface area contributed by atoms with Gasteiger partial charge in [0, 0.05) is 37.9 Å². The number of nitrogens with one attached hydrogen (secondary N) is 1. The van der Waals surface area contributed by atoms with E-state index < -0.39 is 5.41 Å². The number of hydrogen-bond donors (Lipinski definition) is 1. The zero-order chi connectivity index (χ0) is 22.4. The highest BCUT2D eigenvalue weighted by molar-refractivity contribution is 5.88. The lowest BCUT2D eigenvalue weighted by Gasteiger charge is -2.36. The molecule has 3 aromatic rings. The summed E-state index contributed by atoms with van der Waals surface area (Å²) in [6.07, 6.45) is 1.85. The van der Waals surface area contributed by atoms with Crippen molar-refractivity contribution in [3.05, 3.63) is 88.5 Å². The summed E-state index contributed by atoms with van der Waals surface area (Å²) >= 11 is 0. The van der Waals surface area contributed by atoms with E-state index >= 15 is 0 Å². The number of aromatic nitrogens is 2. The fourth-order valence-corrected chi connectivity index (χ4v) is 4.11. The highest BCUT2D eigenvalue weighted by Crippen LogP contribution is 2.35. The first-order chi connectivity index (χ1) is 15.6. The van der Waals surface area contributed by atoms with E-state index in [9.17, 15) is 14.0 Å². The van der Waals surface area contributed by atoms with E-state index in [1.54, 1.807) is 18.2 Å². The molecule has 1 amide bonds. The van der Waals surface area contributed by atoms with Gasteiger partial charge < -0.3 is 10.1 Å². The summed E-state index contributed by atoms with van der Waals surface area (Å²) in [5.74, 6) is -0.331. The van der Waals surface area contributed by atoms with Crippen molar-refractivity contribution in [2.24, 2.45) is 0 Å². The second kappa shape index (κ2) is 9.87. The molecule has 0 radical (unpaired) electrons. The monoisotopic (exact) mass is 435 g/mol. The van der Waals surface area contributed by atoms with Gasteiger partial charge in [-0.15, -0.1) is 0 Å². The minimum Gasteiger partial charge on any atom is -0.381 e. The average Bonchev–Trinajstić information content (AvgIpc) is 2.84. The van der Waals surface area contributed by atoms with Gasteiger partial charge in [0.05, 0.1) is 11.1 Å². The van der Waals surface area contributed by atoms with Crippen LogP contribution in [0.3, 0.4) is 0 Å². The molecule has 0 aliphatic carbocycles. The van der Waals surface area contributed by atoms with Crippen molar-refractivity contribution in [2.45, 2.75) is 31.2 Å². The molecule has 0 bridgehead atoms. The van der Waals surface area contributed by atoms with Crippen LogP contribution < -0.4 is 10.9 Å². The quantitative estimate of drug-likeness (QED) is 0.578. The molecular formula is C25H26FN3O3. The van der Waals surface area contributed by atoms with Gasteiger partial charge in [-0.2, -0.15) is 5.10 Å². The van der Waals surface area contributed by atoms with Gasteiger partial charge >= 0.3 is 0 Å². The van der Waals surface area contributed by atoms with Crippen LogP contribution >= 0.6 is 0 Å². The van der Waals surface area contributed by atoms with Crippen LogP contribution in [0.1, 0.15) is 24.8 Å². The van der Waals surface area contributed by atoms with E-state index in [0.717, 1.165) is 11.1 Å². The van der Waals surface area contributed by atoms with E-state index in [0.29, 0.717) is 51.3 Å². The smallest absolute Gasteiger partial charge is 0.266 e. The first-order valence-electron chi connectivity index (χ1n) is 10.8. The van der Waals surface area contributed by atoms with Crippen LogP contribution in [-0.4, -0.2) is 35.4 Å². The van der Waals surface area contributed by atoms with Crippen LogP contribution in [0.4, 0.5) is 4.39 Å². The lowest BCUT2D eigenvalue weighted by Crippen LogP contribution is -2.48. The summed E-state index contributed by atoms with van der Waals surface area (Å²) < 4.78 is 20.1. The third-order valence-corrected chi connectivity index (χ3v) is 5.95. The number of carbonyl (C=O) groups is 1. The SMILES string of the molecule is O=C(NCCCn1nc(-c2ccc(F)cc2)ccc1=O)C1(c2ccccc2)CCOCC1. The Morgan fingerprint density at radius 1 is 1.03 bits per heavy atom. The van der Waals surface area contributed by atoms with E-state index in [1.807, 2.05) is 30.3 Å². The van der Waals surface area contributed by atoms with Gasteiger partial charge in [0.25, 0.3) is 5.56 Å². The highest BCUT2D eigenvalue weighted by atomic mass is 19.1. The fourth-order valence-electron chi connectivity index (χ4n) is 4.11. The van der Waals surface area contributed by atoms with Gasteiger partial charge in [-0.3, -0.25) is 9.59 Å². The summed E-state index contributed by atoms with van der Waals surface area (Å²) in [5, 5.41) is 7.45. The number of halogens is 1. The Labute approximate surface area is 186 Å². The maximum absolute atomic E-state index is 13.2. The molecule has 1 aromatic heterocycles. The third kappa shape index (κ3) is 4.78. The molecular weight excluding hydrogens is 409 g/mol. The third-order valence-electron chi connectivity index (χ3n) is 5.95. The van der Waals surface area contributed by atoms with E-state index in [1.165, 1.54) is 22.9 Å². The Hall–Kier alpha value is -3.32. The summed E-state index contributed by atoms with van der Waals surface area (Å²) in [5.41, 5.74) is 1.53. The molecule has 0 unspecified atom stereocenters. The minimum atomic E-state index is -0.586. The number of aryl methyl sites for hydroxylation is 1. The first-order valence-corrected chi connectivity index (χ1v) is 10.8. The van der Waals surface area contributed by atoms with Gasteiger partial charge in [-0.25, -0.2) is 9.07 Å². The van der Waals surface area contributed by atoms with Crippen molar-refractivity contribution in [3.8, 4) is 11.3 Å². The predicted octanol–water partition coefficient (Wildman–Crippen LogP) is 3.30. The zero-order valence-electron chi connectivity index (χ0n) is 17.8. The van der Waals surface area contributed by atoms with Crippen molar-refractivity contribution in [3.63, 3.8) is 0 Å². The number of amides is 1. The molecule has 1 aliphatic rings. The standard InChI is InChI=1S/C25H26FN3O3/c26-21-9-7-19(8-10-21)22-11-12-23(30)29(28-22)16-4-15-27-24(31)25(13-17-32-18-14-25)20-5-2-1-3-6-20/h1-3,5-12H,4,13-18H2,(H,27,31). The minimum absolute atomic E-state index is 0.00707. The summed E-state index contributed by atoms with van der Waals surface area (Å²) in [7, 11) is 0. The summed E-state index contributed by atoms with van der Waals surface area (Å²) in [6.45, 7) is 1.91. The van der Waals surface area contributed by atoms with E-state index in [4.69, 9.17) is 4.74 Å². The van der Waals surface area contributed by atoms with E-state index in [2.05, 4.69) is 10.4 Å². The first kappa shape index (κ1) is 21.9. The second-order valence-corrected chi connectivity index (χ2v) is 7.96. The van der Waals surface area contributed by atoms with Gasteiger partial charge in [0.15, 0.2) is 0 Å². The van der Waals surface area contributed by atoms with Crippen LogP contribution in [0.15, 0.2) is 71.5 Å². The highest BCUT2D eigenvalue weighted by Gasteiger charge is 2.41. The Morgan fingerprint density at radius 2 is 1.75 bits per heavy atom. The normalized spacial score (nSPS) is 15.3. The maximum atomic E-state index is 13.2. The number of ether oxygens (including phenoxy) is 1. The number of rotatable bonds is 7. The Morgan fingerprint density at radius 3 is 2.47 bits per heavy atom. The Kier molecular flexibility index (Phi) is 6.75. The Balaban J connectivity index is 1.39. The van der Waals surface area contributed by atoms with Gasteiger partial charge in [-0.05, 0) is 55.2 Å². The Bertz CT molecular complexity index is 1110. The molecule has 1 fully saturated rings. The van der Waals surface area contributed by atoms with E-state index in [-0.39, 0.29) is 17.3 Å². The van der Waals surface area contributed by atoms with Crippen LogP contribution in [0.2, 0.25) is 0 Å². The average molecular weight is 435 g/mol. The molecule has 7 heteroatoms. The zero-order valence-corrected chi connectivity index (χ0v) is 17.8. The number of benzene rings is 2. The number of nitrogens with zero attached hydrogens (tertiary/aromatic N) is 2. The number of hydrogen-bond acceptors (Lipinski definition) is 4.